The van der Waals surface area contributed by atoms with E-state index in [2.05, 4.69) is 19.9 Å². The number of carbonyl (C=O) groups excluding carboxylic acids is 2. The fraction of sp³-hybridized carbons (Fsp3) is 0.333. The number of hydrogen-bond acceptors (Lipinski definition) is 6. The summed E-state index contributed by atoms with van der Waals surface area (Å²) in [7, 11) is 3.09. The summed E-state index contributed by atoms with van der Waals surface area (Å²) in [6.45, 7) is 6.93. The molecule has 0 fully saturated rings. The minimum Gasteiger partial charge on any atom is -0.493 e. The van der Waals surface area contributed by atoms with Gasteiger partial charge >= 0.3 is 11.9 Å². The summed E-state index contributed by atoms with van der Waals surface area (Å²) in [6, 6.07) is 11.0. The number of rotatable bonds is 8. The van der Waals surface area contributed by atoms with E-state index in [1.165, 1.54) is 26.5 Å². The van der Waals surface area contributed by atoms with Gasteiger partial charge in [-0.1, -0.05) is 30.7 Å². The van der Waals surface area contributed by atoms with Crippen LogP contribution in [0.3, 0.4) is 0 Å². The largest absolute Gasteiger partial charge is 0.493 e. The summed E-state index contributed by atoms with van der Waals surface area (Å²) in [5.74, 6) is 1.32. The van der Waals surface area contributed by atoms with E-state index >= 15 is 0 Å². The molecule has 0 saturated carbocycles. The molecular formula is C24H28O6. The van der Waals surface area contributed by atoms with Crippen LogP contribution in [0.1, 0.15) is 38.8 Å². The molecule has 30 heavy (non-hydrogen) atoms. The van der Waals surface area contributed by atoms with Gasteiger partial charge in [0.05, 0.1) is 14.2 Å². The summed E-state index contributed by atoms with van der Waals surface area (Å²) in [5.41, 5.74) is 3.21. The summed E-state index contributed by atoms with van der Waals surface area (Å²) in [6.07, 6.45) is 2.87. The van der Waals surface area contributed by atoms with Crippen LogP contribution < -0.4 is 18.9 Å². The highest BCUT2D eigenvalue weighted by Gasteiger charge is 2.12. The Bertz CT molecular complexity index is 945. The lowest BCUT2D eigenvalue weighted by molar-refractivity contribution is -0.132. The van der Waals surface area contributed by atoms with Crippen molar-refractivity contribution in [3.8, 4) is 23.0 Å². The van der Waals surface area contributed by atoms with Crippen LogP contribution in [0.4, 0.5) is 0 Å². The Balaban J connectivity index is 2.17. The van der Waals surface area contributed by atoms with Crippen molar-refractivity contribution in [1.82, 2.24) is 0 Å². The zero-order valence-corrected chi connectivity index (χ0v) is 18.3. The van der Waals surface area contributed by atoms with Gasteiger partial charge in [-0.2, -0.15) is 0 Å². The number of esters is 2. The molecule has 0 bridgehead atoms. The van der Waals surface area contributed by atoms with Crippen molar-refractivity contribution in [2.75, 3.05) is 14.2 Å². The van der Waals surface area contributed by atoms with Gasteiger partial charge in [0.15, 0.2) is 23.0 Å². The maximum Gasteiger partial charge on any atom is 0.308 e. The van der Waals surface area contributed by atoms with Crippen LogP contribution in [0.2, 0.25) is 0 Å². The number of methoxy groups -OCH3 is 2. The highest BCUT2D eigenvalue weighted by atomic mass is 16.6. The van der Waals surface area contributed by atoms with Gasteiger partial charge in [0, 0.05) is 13.8 Å². The maximum atomic E-state index is 11.2. The molecule has 0 aromatic heterocycles. The Morgan fingerprint density at radius 3 is 1.90 bits per heavy atom. The van der Waals surface area contributed by atoms with Crippen molar-refractivity contribution in [3.05, 3.63) is 53.1 Å². The topological polar surface area (TPSA) is 71.1 Å². The first-order chi connectivity index (χ1) is 14.2. The van der Waals surface area contributed by atoms with Crippen LogP contribution in [0.5, 0.6) is 23.0 Å². The van der Waals surface area contributed by atoms with E-state index in [-0.39, 0.29) is 11.9 Å². The van der Waals surface area contributed by atoms with E-state index in [1.807, 2.05) is 24.3 Å². The Morgan fingerprint density at radius 2 is 1.37 bits per heavy atom. The number of benzene rings is 2. The molecule has 0 aliphatic carbocycles. The van der Waals surface area contributed by atoms with E-state index in [4.69, 9.17) is 18.9 Å². The van der Waals surface area contributed by atoms with Crippen molar-refractivity contribution in [2.45, 2.75) is 34.1 Å². The second kappa shape index (κ2) is 10.5. The molecule has 160 valence electrons. The molecule has 0 aliphatic rings. The zero-order chi connectivity index (χ0) is 22.3. The molecule has 0 aliphatic heterocycles. The summed E-state index contributed by atoms with van der Waals surface area (Å²) < 4.78 is 21.0. The Labute approximate surface area is 177 Å². The van der Waals surface area contributed by atoms with Crippen molar-refractivity contribution < 1.29 is 28.5 Å². The van der Waals surface area contributed by atoms with Crippen LogP contribution >= 0.6 is 0 Å². The van der Waals surface area contributed by atoms with Crippen molar-refractivity contribution in [1.29, 1.82) is 0 Å². The quantitative estimate of drug-likeness (QED) is 0.457. The van der Waals surface area contributed by atoms with Crippen LogP contribution in [0.15, 0.2) is 42.0 Å². The number of ether oxygens (including phenoxy) is 4. The second-order valence-corrected chi connectivity index (χ2v) is 7.08. The van der Waals surface area contributed by atoms with E-state index in [0.717, 1.165) is 17.5 Å². The van der Waals surface area contributed by atoms with Gasteiger partial charge in [-0.25, -0.2) is 0 Å². The fourth-order valence-corrected chi connectivity index (χ4v) is 3.01. The van der Waals surface area contributed by atoms with Crippen molar-refractivity contribution >= 4 is 18.0 Å². The van der Waals surface area contributed by atoms with E-state index in [1.54, 1.807) is 19.2 Å². The highest BCUT2D eigenvalue weighted by molar-refractivity contribution is 5.71. The van der Waals surface area contributed by atoms with Crippen LogP contribution in [-0.2, 0) is 16.0 Å². The van der Waals surface area contributed by atoms with Gasteiger partial charge in [-0.3, -0.25) is 9.59 Å². The molecule has 2 aromatic rings. The zero-order valence-electron chi connectivity index (χ0n) is 18.3. The number of allylic oxidation sites excluding steroid dienone is 1. The third kappa shape index (κ3) is 6.37. The monoisotopic (exact) mass is 412 g/mol. The average Bonchev–Trinajstić information content (AvgIpc) is 2.69. The first-order valence-corrected chi connectivity index (χ1v) is 9.63. The van der Waals surface area contributed by atoms with Gasteiger partial charge in [0.2, 0.25) is 0 Å². The predicted molar refractivity (Wildman–Crippen MR) is 115 cm³/mol. The van der Waals surface area contributed by atoms with E-state index in [9.17, 15) is 9.59 Å². The lowest BCUT2D eigenvalue weighted by atomic mass is 9.93. The molecule has 0 spiro atoms. The molecule has 0 radical (unpaired) electrons. The van der Waals surface area contributed by atoms with Crippen molar-refractivity contribution in [3.63, 3.8) is 0 Å². The molecule has 0 unspecified atom stereocenters. The normalized spacial score (nSPS) is 12.1. The molecule has 2 aromatic carbocycles. The van der Waals surface area contributed by atoms with Crippen LogP contribution in [0, 0.1) is 5.92 Å². The summed E-state index contributed by atoms with van der Waals surface area (Å²) >= 11 is 0. The minimum atomic E-state index is -0.392. The smallest absolute Gasteiger partial charge is 0.308 e. The van der Waals surface area contributed by atoms with Crippen molar-refractivity contribution in [2.24, 2.45) is 5.92 Å². The van der Waals surface area contributed by atoms with Crippen LogP contribution in [-0.4, -0.2) is 26.2 Å². The Hall–Kier alpha value is -3.28. The van der Waals surface area contributed by atoms with Gasteiger partial charge in [-0.15, -0.1) is 0 Å². The first-order valence-electron chi connectivity index (χ1n) is 9.63. The van der Waals surface area contributed by atoms with Gasteiger partial charge in [0.25, 0.3) is 0 Å². The van der Waals surface area contributed by atoms with E-state index in [0.29, 0.717) is 23.0 Å². The number of hydrogen-bond donors (Lipinski definition) is 0. The highest BCUT2D eigenvalue weighted by Crippen LogP contribution is 2.32. The molecule has 2 rings (SSSR count). The van der Waals surface area contributed by atoms with Crippen LogP contribution in [0.25, 0.3) is 6.08 Å². The predicted octanol–water partition coefficient (Wildman–Crippen LogP) is 4.84. The number of carbonyl (C=O) groups is 2. The lowest BCUT2D eigenvalue weighted by Crippen LogP contribution is -2.05. The average molecular weight is 412 g/mol. The summed E-state index contributed by atoms with van der Waals surface area (Å²) in [5, 5.41) is 0. The molecular weight excluding hydrogens is 384 g/mol. The van der Waals surface area contributed by atoms with Gasteiger partial charge in [0.1, 0.15) is 0 Å². The Kier molecular flexibility index (Phi) is 8.04. The maximum absolute atomic E-state index is 11.2. The third-order valence-electron chi connectivity index (χ3n) is 4.64. The molecule has 0 saturated heterocycles. The summed E-state index contributed by atoms with van der Waals surface area (Å²) in [4.78, 5) is 22.4. The van der Waals surface area contributed by atoms with E-state index < -0.39 is 5.97 Å². The molecule has 1 atom stereocenters. The fourth-order valence-electron chi connectivity index (χ4n) is 3.01. The standard InChI is InChI=1S/C24H28O6/c1-15(11-19-7-9-21(29-17(3)25)23(13-19)27-5)16(2)12-20-8-10-22(30-18(4)26)24(14-20)28-6/h7-11,13-14,16H,12H2,1-6H3/b15-11+/t16-/m0/s1. The molecule has 0 heterocycles. The first kappa shape index (κ1) is 23.0. The second-order valence-electron chi connectivity index (χ2n) is 7.08. The van der Waals surface area contributed by atoms with Gasteiger partial charge in [-0.05, 0) is 54.7 Å². The van der Waals surface area contributed by atoms with Gasteiger partial charge < -0.3 is 18.9 Å². The SMILES string of the molecule is COc1cc(/C=C(\C)[C@@H](C)Cc2ccc(OC(C)=O)c(OC)c2)ccc1OC(C)=O. The molecule has 0 N–H and O–H groups in total. The minimum absolute atomic E-state index is 0.258. The molecule has 6 nitrogen and oxygen atoms in total. The Morgan fingerprint density at radius 1 is 0.833 bits per heavy atom. The molecule has 0 amide bonds. The third-order valence-corrected chi connectivity index (χ3v) is 4.64. The lowest BCUT2D eigenvalue weighted by Gasteiger charge is -2.15. The molecule has 6 heteroatoms.